The Kier molecular flexibility index (Phi) is 11.3. The highest BCUT2D eigenvalue weighted by molar-refractivity contribution is 14.0. The van der Waals surface area contributed by atoms with E-state index in [-0.39, 0.29) is 24.0 Å². The molecular formula is C16H29IN4. The van der Waals surface area contributed by atoms with Gasteiger partial charge in [-0.05, 0) is 51.5 Å². The van der Waals surface area contributed by atoms with Gasteiger partial charge in [0.15, 0.2) is 5.96 Å². The first-order chi connectivity index (χ1) is 9.65. The lowest BCUT2D eigenvalue weighted by Crippen LogP contribution is -2.24. The first kappa shape index (κ1) is 20.2. The summed E-state index contributed by atoms with van der Waals surface area (Å²) >= 11 is 0. The lowest BCUT2D eigenvalue weighted by Gasteiger charge is -2.17. The summed E-state index contributed by atoms with van der Waals surface area (Å²) in [7, 11) is 0. The molecular weight excluding hydrogens is 375 g/mol. The lowest BCUT2D eigenvalue weighted by molar-refractivity contribution is 0.298. The molecule has 21 heavy (non-hydrogen) atoms. The molecule has 3 N–H and O–H groups in total. The van der Waals surface area contributed by atoms with Crippen molar-refractivity contribution >= 4 is 35.6 Å². The van der Waals surface area contributed by atoms with Gasteiger partial charge in [-0.1, -0.05) is 31.5 Å². The van der Waals surface area contributed by atoms with E-state index in [9.17, 15) is 0 Å². The SMILES string of the molecule is CCN(CC)CCCCN=C(N)Nc1ccc(C)cc1.I. The Morgan fingerprint density at radius 2 is 1.76 bits per heavy atom. The summed E-state index contributed by atoms with van der Waals surface area (Å²) in [5.41, 5.74) is 8.09. The van der Waals surface area contributed by atoms with Crippen molar-refractivity contribution in [3.05, 3.63) is 29.8 Å². The van der Waals surface area contributed by atoms with Crippen molar-refractivity contribution in [3.8, 4) is 0 Å². The highest BCUT2D eigenvalue weighted by Crippen LogP contribution is 2.07. The van der Waals surface area contributed by atoms with E-state index in [1.807, 2.05) is 12.1 Å². The molecule has 0 atom stereocenters. The predicted molar refractivity (Wildman–Crippen MR) is 104 cm³/mol. The summed E-state index contributed by atoms with van der Waals surface area (Å²) in [4.78, 5) is 6.78. The molecule has 0 radical (unpaired) electrons. The second-order valence-electron chi connectivity index (χ2n) is 4.99. The third kappa shape index (κ3) is 8.93. The number of unbranched alkanes of at least 4 members (excludes halogenated alkanes) is 1. The Labute approximate surface area is 146 Å². The Morgan fingerprint density at radius 1 is 1.14 bits per heavy atom. The monoisotopic (exact) mass is 404 g/mol. The van der Waals surface area contributed by atoms with Crippen molar-refractivity contribution in [3.63, 3.8) is 0 Å². The van der Waals surface area contributed by atoms with Crippen LogP contribution in [-0.4, -0.2) is 37.0 Å². The molecule has 1 aromatic carbocycles. The van der Waals surface area contributed by atoms with Gasteiger partial charge in [0.1, 0.15) is 0 Å². The molecule has 120 valence electrons. The van der Waals surface area contributed by atoms with E-state index in [0.29, 0.717) is 5.96 Å². The summed E-state index contributed by atoms with van der Waals surface area (Å²) in [6, 6.07) is 8.13. The number of benzene rings is 1. The Hall–Kier alpha value is -0.820. The number of hydrogen-bond acceptors (Lipinski definition) is 2. The number of nitrogens with one attached hydrogen (secondary N) is 1. The molecule has 5 heteroatoms. The number of hydrogen-bond donors (Lipinski definition) is 2. The molecule has 0 aliphatic rings. The van der Waals surface area contributed by atoms with Crippen LogP contribution in [0.3, 0.4) is 0 Å². The fourth-order valence-electron chi connectivity index (χ4n) is 2.01. The molecule has 0 amide bonds. The van der Waals surface area contributed by atoms with Crippen LogP contribution in [0.2, 0.25) is 0 Å². The van der Waals surface area contributed by atoms with Gasteiger partial charge in [0.05, 0.1) is 0 Å². The maximum Gasteiger partial charge on any atom is 0.193 e. The quantitative estimate of drug-likeness (QED) is 0.302. The number of guanidine groups is 1. The molecule has 0 saturated carbocycles. The van der Waals surface area contributed by atoms with Crippen molar-refractivity contribution in [1.82, 2.24) is 4.90 Å². The fourth-order valence-corrected chi connectivity index (χ4v) is 2.01. The first-order valence-corrected chi connectivity index (χ1v) is 7.51. The third-order valence-corrected chi connectivity index (χ3v) is 3.38. The zero-order valence-corrected chi connectivity index (χ0v) is 15.8. The standard InChI is InChI=1S/C16H28N4.HI/c1-4-20(5-2)13-7-6-12-18-16(17)19-15-10-8-14(3)9-11-15;/h8-11H,4-7,12-13H2,1-3H3,(H3,17,18,19);1H. The van der Waals surface area contributed by atoms with E-state index in [0.717, 1.165) is 38.3 Å². The van der Waals surface area contributed by atoms with E-state index in [4.69, 9.17) is 5.73 Å². The summed E-state index contributed by atoms with van der Waals surface area (Å²) < 4.78 is 0. The normalized spacial score (nSPS) is 11.3. The average molecular weight is 404 g/mol. The maximum atomic E-state index is 5.87. The molecule has 4 nitrogen and oxygen atoms in total. The highest BCUT2D eigenvalue weighted by atomic mass is 127. The van der Waals surface area contributed by atoms with Gasteiger partial charge < -0.3 is 16.0 Å². The van der Waals surface area contributed by atoms with Crippen molar-refractivity contribution in [2.24, 2.45) is 10.7 Å². The van der Waals surface area contributed by atoms with E-state index in [1.54, 1.807) is 0 Å². The zero-order chi connectivity index (χ0) is 14.8. The first-order valence-electron chi connectivity index (χ1n) is 7.51. The second-order valence-corrected chi connectivity index (χ2v) is 4.99. The van der Waals surface area contributed by atoms with Crippen LogP contribution in [0, 0.1) is 6.92 Å². The predicted octanol–water partition coefficient (Wildman–Crippen LogP) is 3.46. The zero-order valence-electron chi connectivity index (χ0n) is 13.4. The largest absolute Gasteiger partial charge is 0.370 e. The van der Waals surface area contributed by atoms with Crippen LogP contribution in [0.1, 0.15) is 32.3 Å². The number of rotatable bonds is 8. The van der Waals surface area contributed by atoms with Crippen LogP contribution in [0.25, 0.3) is 0 Å². The summed E-state index contributed by atoms with van der Waals surface area (Å²) in [6.45, 7) is 10.6. The number of aliphatic imine (C=N–C) groups is 1. The molecule has 0 aliphatic heterocycles. The molecule has 0 aromatic heterocycles. The van der Waals surface area contributed by atoms with Crippen LogP contribution >= 0.6 is 24.0 Å². The minimum absolute atomic E-state index is 0. The topological polar surface area (TPSA) is 53.6 Å². The summed E-state index contributed by atoms with van der Waals surface area (Å²) in [5, 5.41) is 3.11. The van der Waals surface area contributed by atoms with E-state index in [1.165, 1.54) is 12.0 Å². The van der Waals surface area contributed by atoms with Gasteiger partial charge >= 0.3 is 0 Å². The summed E-state index contributed by atoms with van der Waals surface area (Å²) in [6.07, 6.45) is 2.25. The minimum atomic E-state index is 0. The van der Waals surface area contributed by atoms with Gasteiger partial charge in [-0.2, -0.15) is 0 Å². The van der Waals surface area contributed by atoms with Crippen molar-refractivity contribution in [1.29, 1.82) is 0 Å². The maximum absolute atomic E-state index is 5.87. The molecule has 0 fully saturated rings. The van der Waals surface area contributed by atoms with Gasteiger partial charge in [0, 0.05) is 12.2 Å². The molecule has 1 rings (SSSR count). The van der Waals surface area contributed by atoms with Crippen LogP contribution in [0.5, 0.6) is 0 Å². The number of halogens is 1. The van der Waals surface area contributed by atoms with Crippen LogP contribution < -0.4 is 11.1 Å². The van der Waals surface area contributed by atoms with E-state index in [2.05, 4.69) is 48.1 Å². The number of nitrogens with zero attached hydrogens (tertiary/aromatic N) is 2. The number of anilines is 1. The molecule has 0 heterocycles. The molecule has 0 spiro atoms. The highest BCUT2D eigenvalue weighted by Gasteiger charge is 1.98. The van der Waals surface area contributed by atoms with Crippen molar-refractivity contribution in [2.45, 2.75) is 33.6 Å². The van der Waals surface area contributed by atoms with Crippen LogP contribution in [-0.2, 0) is 0 Å². The van der Waals surface area contributed by atoms with Crippen LogP contribution in [0.15, 0.2) is 29.3 Å². The van der Waals surface area contributed by atoms with Crippen molar-refractivity contribution < 1.29 is 0 Å². The van der Waals surface area contributed by atoms with Crippen LogP contribution in [0.4, 0.5) is 5.69 Å². The Morgan fingerprint density at radius 3 is 2.33 bits per heavy atom. The average Bonchev–Trinajstić information content (AvgIpc) is 2.45. The van der Waals surface area contributed by atoms with E-state index < -0.39 is 0 Å². The molecule has 1 aromatic rings. The lowest BCUT2D eigenvalue weighted by atomic mass is 10.2. The summed E-state index contributed by atoms with van der Waals surface area (Å²) in [5.74, 6) is 0.497. The van der Waals surface area contributed by atoms with Gasteiger partial charge in [-0.25, -0.2) is 0 Å². The smallest absolute Gasteiger partial charge is 0.193 e. The van der Waals surface area contributed by atoms with Gasteiger partial charge in [-0.3, -0.25) is 4.99 Å². The van der Waals surface area contributed by atoms with Gasteiger partial charge in [0.25, 0.3) is 0 Å². The third-order valence-electron chi connectivity index (χ3n) is 3.38. The van der Waals surface area contributed by atoms with E-state index >= 15 is 0 Å². The van der Waals surface area contributed by atoms with Gasteiger partial charge in [-0.15, -0.1) is 24.0 Å². The molecule has 0 aliphatic carbocycles. The molecule has 0 bridgehead atoms. The molecule has 0 saturated heterocycles. The second kappa shape index (κ2) is 11.8. The fraction of sp³-hybridized carbons (Fsp3) is 0.562. The van der Waals surface area contributed by atoms with Gasteiger partial charge in [0.2, 0.25) is 0 Å². The minimum Gasteiger partial charge on any atom is -0.370 e. The Balaban J connectivity index is 0.00000400. The Bertz CT molecular complexity index is 399. The number of nitrogens with two attached hydrogens (primary N) is 1. The number of aryl methyl sites for hydroxylation is 1. The molecule has 0 unspecified atom stereocenters. The van der Waals surface area contributed by atoms with Crippen molar-refractivity contribution in [2.75, 3.05) is 31.5 Å².